The van der Waals surface area contributed by atoms with Gasteiger partial charge >= 0.3 is 0 Å². The lowest BCUT2D eigenvalue weighted by atomic mass is 10.1. The number of rotatable bonds is 3. The fraction of sp³-hybridized carbons (Fsp3) is 0.154. The third-order valence-electron chi connectivity index (χ3n) is 6.27. The highest BCUT2D eigenvalue weighted by Gasteiger charge is 2.24. The number of nitrogens with one attached hydrogen (secondary N) is 1. The summed E-state index contributed by atoms with van der Waals surface area (Å²) >= 11 is 12.1. The van der Waals surface area contributed by atoms with Crippen molar-refractivity contribution in [3.63, 3.8) is 0 Å². The first-order chi connectivity index (χ1) is 17.5. The van der Waals surface area contributed by atoms with E-state index in [9.17, 15) is 9.59 Å². The van der Waals surface area contributed by atoms with Crippen LogP contribution in [0.4, 0.5) is 5.95 Å². The van der Waals surface area contributed by atoms with Gasteiger partial charge in [0.05, 0.1) is 20.9 Å². The van der Waals surface area contributed by atoms with Crippen LogP contribution in [0.1, 0.15) is 10.4 Å². The molecule has 180 valence electrons. The third kappa shape index (κ3) is 4.08. The number of carbonyl (C=O) groups is 1. The summed E-state index contributed by atoms with van der Waals surface area (Å²) in [5, 5.41) is 1.42. The number of hydrogen-bond acceptors (Lipinski definition) is 6. The lowest BCUT2D eigenvalue weighted by molar-refractivity contribution is 0.0746. The van der Waals surface area contributed by atoms with Crippen molar-refractivity contribution >= 4 is 57.1 Å². The zero-order chi connectivity index (χ0) is 24.8. The quantitative estimate of drug-likeness (QED) is 0.360. The SMILES string of the molecule is O=C(c1ccc2nc(-c3ccc(Cl)c(Cl)c3)oc2c1)N1CCN(c2nc3ccccc3c(=O)[nH]2)CC1. The zero-order valence-electron chi connectivity index (χ0n) is 18.9. The molecule has 0 saturated carbocycles. The molecular weight excluding hydrogens is 501 g/mol. The first-order valence-corrected chi connectivity index (χ1v) is 12.1. The van der Waals surface area contributed by atoms with Crippen molar-refractivity contribution in [1.82, 2.24) is 19.9 Å². The Kier molecular flexibility index (Phi) is 5.62. The highest BCUT2D eigenvalue weighted by molar-refractivity contribution is 6.42. The molecule has 1 fully saturated rings. The number of anilines is 1. The number of aromatic nitrogens is 3. The Labute approximate surface area is 215 Å². The van der Waals surface area contributed by atoms with Crippen LogP contribution in [0.5, 0.6) is 0 Å². The normalized spacial score (nSPS) is 14.1. The highest BCUT2D eigenvalue weighted by atomic mass is 35.5. The van der Waals surface area contributed by atoms with E-state index in [2.05, 4.69) is 15.0 Å². The maximum absolute atomic E-state index is 13.2. The Bertz CT molecular complexity index is 1690. The number of H-pyrrole nitrogens is 1. The van der Waals surface area contributed by atoms with Crippen LogP contribution in [0.25, 0.3) is 33.5 Å². The monoisotopic (exact) mass is 519 g/mol. The van der Waals surface area contributed by atoms with E-state index in [0.717, 1.165) is 0 Å². The highest BCUT2D eigenvalue weighted by Crippen LogP contribution is 2.30. The van der Waals surface area contributed by atoms with Gasteiger partial charge in [0.25, 0.3) is 11.5 Å². The molecular formula is C26H19Cl2N5O3. The number of halogens is 2. The summed E-state index contributed by atoms with van der Waals surface area (Å²) in [6, 6.07) is 17.6. The van der Waals surface area contributed by atoms with Gasteiger partial charge in [0, 0.05) is 37.3 Å². The number of carbonyl (C=O) groups excluding carboxylic acids is 1. The van der Waals surface area contributed by atoms with E-state index in [4.69, 9.17) is 27.6 Å². The van der Waals surface area contributed by atoms with Crippen LogP contribution in [-0.2, 0) is 0 Å². The molecule has 0 aliphatic carbocycles. The molecule has 0 unspecified atom stereocenters. The average Bonchev–Trinajstić information content (AvgIpc) is 3.33. The number of benzene rings is 3. The van der Waals surface area contributed by atoms with Crippen LogP contribution in [-0.4, -0.2) is 51.9 Å². The van der Waals surface area contributed by atoms with Gasteiger partial charge in [0.1, 0.15) is 5.52 Å². The van der Waals surface area contributed by atoms with Crippen molar-refractivity contribution in [2.75, 3.05) is 31.1 Å². The van der Waals surface area contributed by atoms with Crippen LogP contribution in [0.2, 0.25) is 10.0 Å². The third-order valence-corrected chi connectivity index (χ3v) is 7.01. The van der Waals surface area contributed by atoms with E-state index in [1.165, 1.54) is 0 Å². The molecule has 36 heavy (non-hydrogen) atoms. The van der Waals surface area contributed by atoms with Gasteiger partial charge in [-0.05, 0) is 48.5 Å². The summed E-state index contributed by atoms with van der Waals surface area (Å²) in [5.41, 5.74) is 2.85. The van der Waals surface area contributed by atoms with Gasteiger partial charge in [-0.15, -0.1) is 0 Å². The number of hydrogen-bond donors (Lipinski definition) is 1. The molecule has 10 heteroatoms. The second kappa shape index (κ2) is 8.96. The molecule has 0 bridgehead atoms. The summed E-state index contributed by atoms with van der Waals surface area (Å²) in [5.74, 6) is 0.825. The topological polar surface area (TPSA) is 95.3 Å². The lowest BCUT2D eigenvalue weighted by Crippen LogP contribution is -2.49. The van der Waals surface area contributed by atoms with E-state index in [-0.39, 0.29) is 11.5 Å². The standard InChI is InChI=1S/C26H19Cl2N5O3/c27-18-7-5-15(13-19(18)28)24-29-21-8-6-16(14-22(21)36-24)25(35)32-9-11-33(12-10-32)26-30-20-4-2-1-3-17(20)23(34)31-26/h1-8,13-14H,9-12H2,(H,30,31,34). The molecule has 0 atom stereocenters. The van der Waals surface area contributed by atoms with Crippen LogP contribution in [0.15, 0.2) is 69.9 Å². The largest absolute Gasteiger partial charge is 0.436 e. The van der Waals surface area contributed by atoms with E-state index in [1.807, 2.05) is 23.1 Å². The fourth-order valence-corrected chi connectivity index (χ4v) is 4.64. The molecule has 2 aromatic heterocycles. The van der Waals surface area contributed by atoms with Gasteiger partial charge in [-0.2, -0.15) is 0 Å². The minimum atomic E-state index is -0.172. The molecule has 1 aliphatic rings. The number of aromatic amines is 1. The number of oxazole rings is 1. The summed E-state index contributed by atoms with van der Waals surface area (Å²) < 4.78 is 5.91. The van der Waals surface area contributed by atoms with Crippen LogP contribution in [0, 0.1) is 0 Å². The Morgan fingerprint density at radius 1 is 0.889 bits per heavy atom. The predicted molar refractivity (Wildman–Crippen MR) is 140 cm³/mol. The molecule has 1 N–H and O–H groups in total. The molecule has 0 spiro atoms. The Hall–Kier alpha value is -3.88. The van der Waals surface area contributed by atoms with Gasteiger partial charge in [-0.3, -0.25) is 14.6 Å². The molecule has 3 aromatic carbocycles. The van der Waals surface area contributed by atoms with Crippen molar-refractivity contribution in [3.05, 3.63) is 86.6 Å². The van der Waals surface area contributed by atoms with E-state index >= 15 is 0 Å². The maximum atomic E-state index is 13.2. The Morgan fingerprint density at radius 3 is 2.50 bits per heavy atom. The average molecular weight is 520 g/mol. The minimum Gasteiger partial charge on any atom is -0.436 e. The molecule has 6 rings (SSSR count). The molecule has 1 aliphatic heterocycles. The summed E-state index contributed by atoms with van der Waals surface area (Å²) in [4.78, 5) is 41.4. The summed E-state index contributed by atoms with van der Waals surface area (Å²) in [7, 11) is 0. The zero-order valence-corrected chi connectivity index (χ0v) is 20.4. The smallest absolute Gasteiger partial charge is 0.260 e. The van der Waals surface area contributed by atoms with Crippen molar-refractivity contribution in [2.24, 2.45) is 0 Å². The molecule has 1 saturated heterocycles. The first-order valence-electron chi connectivity index (χ1n) is 11.4. The van der Waals surface area contributed by atoms with Gasteiger partial charge in [0.2, 0.25) is 11.8 Å². The van der Waals surface area contributed by atoms with Crippen molar-refractivity contribution in [3.8, 4) is 11.5 Å². The Balaban J connectivity index is 1.19. The van der Waals surface area contributed by atoms with Gasteiger partial charge in [-0.25, -0.2) is 9.97 Å². The number of piperazine rings is 1. The van der Waals surface area contributed by atoms with Crippen molar-refractivity contribution in [2.45, 2.75) is 0 Å². The van der Waals surface area contributed by atoms with E-state index in [0.29, 0.717) is 81.2 Å². The molecule has 3 heterocycles. The van der Waals surface area contributed by atoms with Gasteiger partial charge < -0.3 is 14.2 Å². The number of nitrogens with zero attached hydrogens (tertiary/aromatic N) is 4. The Morgan fingerprint density at radius 2 is 1.69 bits per heavy atom. The second-order valence-corrected chi connectivity index (χ2v) is 9.33. The van der Waals surface area contributed by atoms with Gasteiger partial charge in [-0.1, -0.05) is 35.3 Å². The number of amides is 1. The van der Waals surface area contributed by atoms with E-state index in [1.54, 1.807) is 47.4 Å². The molecule has 1 amide bonds. The summed E-state index contributed by atoms with van der Waals surface area (Å²) in [6.07, 6.45) is 0. The minimum absolute atomic E-state index is 0.0935. The van der Waals surface area contributed by atoms with Gasteiger partial charge in [0.15, 0.2) is 5.58 Å². The second-order valence-electron chi connectivity index (χ2n) is 8.52. The number of fused-ring (bicyclic) bond motifs is 2. The maximum Gasteiger partial charge on any atom is 0.260 e. The predicted octanol–water partition coefficient (Wildman–Crippen LogP) is 5.00. The van der Waals surface area contributed by atoms with E-state index < -0.39 is 0 Å². The number of para-hydroxylation sites is 1. The summed E-state index contributed by atoms with van der Waals surface area (Å²) in [6.45, 7) is 2.11. The first kappa shape index (κ1) is 22.6. The lowest BCUT2D eigenvalue weighted by Gasteiger charge is -2.35. The van der Waals surface area contributed by atoms with Crippen LogP contribution < -0.4 is 10.5 Å². The van der Waals surface area contributed by atoms with Crippen molar-refractivity contribution < 1.29 is 9.21 Å². The fourth-order valence-electron chi connectivity index (χ4n) is 4.34. The molecule has 8 nitrogen and oxygen atoms in total. The van der Waals surface area contributed by atoms with Crippen LogP contribution >= 0.6 is 23.2 Å². The molecule has 5 aromatic rings. The molecule has 0 radical (unpaired) electrons. The van der Waals surface area contributed by atoms with Crippen molar-refractivity contribution in [1.29, 1.82) is 0 Å². The van der Waals surface area contributed by atoms with Crippen LogP contribution in [0.3, 0.4) is 0 Å².